The standard InChI is InChI=1S/C22H26N5O10P/c23-21-20-22(25-9-24-21)27(10-26-20)19-5-16(17(7-29)36-19)37-38(32,33)34-8-18-14(31)4-15(35-18)11-1-2-12(6-28)13(30)3-11/h1-3,6,9-10,14-19,29-31H,4-5,7-8H2,(H,32,33)(H2,23,24,25)/t14-,15+,16-,17+,18+,19+/m0/s1. The van der Waals surface area contributed by atoms with Crippen LogP contribution in [0.25, 0.3) is 11.2 Å². The molecule has 2 fully saturated rings. The van der Waals surface area contributed by atoms with Gasteiger partial charge in [-0.15, -0.1) is 0 Å². The first-order chi connectivity index (χ1) is 18.2. The van der Waals surface area contributed by atoms with Crippen LogP contribution in [0.15, 0.2) is 30.9 Å². The number of phenolic OH excluding ortho intramolecular Hbond substituents is 1. The molecule has 0 spiro atoms. The molecule has 2 aliphatic heterocycles. The summed E-state index contributed by atoms with van der Waals surface area (Å²) in [7, 11) is -4.67. The summed E-state index contributed by atoms with van der Waals surface area (Å²) in [4.78, 5) is 33.5. The number of ether oxygens (including phenoxy) is 2. The molecule has 204 valence electrons. The molecule has 0 bridgehead atoms. The zero-order valence-electron chi connectivity index (χ0n) is 19.8. The third kappa shape index (κ3) is 5.28. The summed E-state index contributed by atoms with van der Waals surface area (Å²) in [5, 5.41) is 30.0. The number of nitrogens with two attached hydrogens (primary N) is 1. The van der Waals surface area contributed by atoms with Gasteiger partial charge >= 0.3 is 7.82 Å². The monoisotopic (exact) mass is 551 g/mol. The van der Waals surface area contributed by atoms with E-state index in [9.17, 15) is 29.6 Å². The molecule has 4 heterocycles. The van der Waals surface area contributed by atoms with Gasteiger partial charge < -0.3 is 35.4 Å². The number of phenols is 1. The third-order valence-electron chi connectivity index (χ3n) is 6.51. The number of rotatable bonds is 9. The van der Waals surface area contributed by atoms with Crippen molar-refractivity contribution in [3.63, 3.8) is 0 Å². The fourth-order valence-corrected chi connectivity index (χ4v) is 5.51. The molecule has 3 aromatic rings. The Morgan fingerprint density at radius 3 is 2.76 bits per heavy atom. The van der Waals surface area contributed by atoms with Crippen LogP contribution in [-0.2, 0) is 23.1 Å². The lowest BCUT2D eigenvalue weighted by Gasteiger charge is -2.21. The van der Waals surface area contributed by atoms with E-state index in [2.05, 4.69) is 15.0 Å². The number of anilines is 1. The molecule has 1 unspecified atom stereocenters. The van der Waals surface area contributed by atoms with Gasteiger partial charge in [0.1, 0.15) is 42.1 Å². The van der Waals surface area contributed by atoms with Crippen molar-refractivity contribution in [2.75, 3.05) is 18.9 Å². The van der Waals surface area contributed by atoms with E-state index in [1.165, 1.54) is 24.8 Å². The molecule has 0 saturated carbocycles. The minimum absolute atomic E-state index is 0.0689. The smallest absolute Gasteiger partial charge is 0.472 e. The van der Waals surface area contributed by atoms with Gasteiger partial charge in [-0.3, -0.25) is 18.4 Å². The zero-order chi connectivity index (χ0) is 27.0. The fourth-order valence-electron chi connectivity index (χ4n) is 4.55. The Bertz CT molecular complexity index is 1370. The second-order valence-corrected chi connectivity index (χ2v) is 10.3. The summed E-state index contributed by atoms with van der Waals surface area (Å²) in [5.74, 6) is -0.0430. The molecular formula is C22H26N5O10P. The van der Waals surface area contributed by atoms with Crippen LogP contribution in [0.2, 0.25) is 0 Å². The summed E-state index contributed by atoms with van der Waals surface area (Å²) in [6, 6.07) is 4.37. The van der Waals surface area contributed by atoms with Crippen molar-refractivity contribution < 1.29 is 48.1 Å². The van der Waals surface area contributed by atoms with Gasteiger partial charge in [0.05, 0.1) is 37.3 Å². The van der Waals surface area contributed by atoms with Crippen molar-refractivity contribution in [2.45, 2.75) is 49.6 Å². The van der Waals surface area contributed by atoms with E-state index in [0.29, 0.717) is 23.0 Å². The lowest BCUT2D eigenvalue weighted by Crippen LogP contribution is -2.29. The number of phosphoric acid groups is 1. The predicted octanol–water partition coefficient (Wildman–Crippen LogP) is 0.600. The Balaban J connectivity index is 1.20. The van der Waals surface area contributed by atoms with Crippen LogP contribution in [0.5, 0.6) is 5.75 Å². The molecule has 6 N–H and O–H groups in total. The molecule has 1 aromatic carbocycles. The minimum atomic E-state index is -4.67. The molecule has 16 heteroatoms. The summed E-state index contributed by atoms with van der Waals surface area (Å²) < 4.78 is 36.3. The summed E-state index contributed by atoms with van der Waals surface area (Å²) in [6.45, 7) is -0.959. The fraction of sp³-hybridized carbons (Fsp3) is 0.455. The highest BCUT2D eigenvalue weighted by Crippen LogP contribution is 2.49. The molecule has 2 saturated heterocycles. The number of aliphatic hydroxyl groups is 2. The van der Waals surface area contributed by atoms with Crippen molar-refractivity contribution in [2.24, 2.45) is 0 Å². The number of fused-ring (bicyclic) bond motifs is 1. The highest BCUT2D eigenvalue weighted by Gasteiger charge is 2.43. The van der Waals surface area contributed by atoms with Crippen LogP contribution in [-0.4, -0.2) is 83.6 Å². The molecule has 5 rings (SSSR count). The molecule has 2 aromatic heterocycles. The Morgan fingerprint density at radius 1 is 1.21 bits per heavy atom. The van der Waals surface area contributed by atoms with Gasteiger partial charge in [-0.1, -0.05) is 6.07 Å². The lowest BCUT2D eigenvalue weighted by molar-refractivity contribution is -0.0494. The van der Waals surface area contributed by atoms with Crippen LogP contribution >= 0.6 is 7.82 Å². The highest BCUT2D eigenvalue weighted by atomic mass is 31.2. The van der Waals surface area contributed by atoms with Crippen LogP contribution in [0, 0.1) is 0 Å². The predicted molar refractivity (Wildman–Crippen MR) is 128 cm³/mol. The van der Waals surface area contributed by atoms with E-state index in [-0.39, 0.29) is 30.0 Å². The molecular weight excluding hydrogens is 525 g/mol. The van der Waals surface area contributed by atoms with E-state index < -0.39 is 57.8 Å². The Hall–Kier alpha value is -3.01. The number of aldehydes is 1. The van der Waals surface area contributed by atoms with Crippen LogP contribution in [0.4, 0.5) is 5.82 Å². The minimum Gasteiger partial charge on any atom is -0.507 e. The number of hydrogen-bond donors (Lipinski definition) is 5. The largest absolute Gasteiger partial charge is 0.507 e. The summed E-state index contributed by atoms with van der Waals surface area (Å²) >= 11 is 0. The van der Waals surface area contributed by atoms with Crippen molar-refractivity contribution in [1.82, 2.24) is 19.5 Å². The number of imidazole rings is 1. The zero-order valence-corrected chi connectivity index (χ0v) is 20.7. The first-order valence-electron chi connectivity index (χ1n) is 11.7. The third-order valence-corrected chi connectivity index (χ3v) is 7.52. The second-order valence-electron chi connectivity index (χ2n) is 8.94. The first kappa shape index (κ1) is 26.6. The van der Waals surface area contributed by atoms with E-state index in [1.54, 1.807) is 10.6 Å². The normalized spacial score (nSPS) is 29.0. The van der Waals surface area contributed by atoms with Crippen molar-refractivity contribution >= 4 is 31.1 Å². The molecule has 2 aliphatic rings. The average molecular weight is 551 g/mol. The number of benzene rings is 1. The number of aromatic hydroxyl groups is 1. The quantitative estimate of drug-likeness (QED) is 0.182. The van der Waals surface area contributed by atoms with Crippen LogP contribution in [0.1, 0.15) is 41.1 Å². The topological polar surface area (TPSA) is 222 Å². The number of hydrogen-bond acceptors (Lipinski definition) is 13. The Kier molecular flexibility index (Phi) is 7.44. The van der Waals surface area contributed by atoms with E-state index >= 15 is 0 Å². The van der Waals surface area contributed by atoms with Gasteiger partial charge in [0.2, 0.25) is 0 Å². The number of aliphatic hydroxyl groups excluding tert-OH is 2. The summed E-state index contributed by atoms with van der Waals surface area (Å²) in [6.07, 6.45) is -1.87. The van der Waals surface area contributed by atoms with E-state index in [1.807, 2.05) is 0 Å². The van der Waals surface area contributed by atoms with Crippen molar-refractivity contribution in [3.05, 3.63) is 42.0 Å². The average Bonchev–Trinajstić information content (AvgIpc) is 3.59. The van der Waals surface area contributed by atoms with Crippen molar-refractivity contribution in [3.8, 4) is 5.75 Å². The van der Waals surface area contributed by atoms with Gasteiger partial charge in [-0.25, -0.2) is 19.5 Å². The number of aromatic nitrogens is 4. The molecule has 7 atom stereocenters. The number of carbonyl (C=O) groups excluding carboxylic acids is 1. The van der Waals surface area contributed by atoms with E-state index in [4.69, 9.17) is 24.3 Å². The number of nitrogen functional groups attached to an aromatic ring is 1. The second kappa shape index (κ2) is 10.6. The molecule has 0 aliphatic carbocycles. The van der Waals surface area contributed by atoms with Crippen LogP contribution in [0.3, 0.4) is 0 Å². The number of phosphoric ester groups is 1. The summed E-state index contributed by atoms with van der Waals surface area (Å²) in [5.41, 5.74) is 7.21. The Labute approximate surface area is 215 Å². The molecule has 15 nitrogen and oxygen atoms in total. The highest BCUT2D eigenvalue weighted by molar-refractivity contribution is 7.47. The van der Waals surface area contributed by atoms with E-state index in [0.717, 1.165) is 0 Å². The first-order valence-corrected chi connectivity index (χ1v) is 13.1. The van der Waals surface area contributed by atoms with Crippen molar-refractivity contribution in [1.29, 1.82) is 0 Å². The Morgan fingerprint density at radius 2 is 2.03 bits per heavy atom. The molecule has 0 amide bonds. The molecule has 0 radical (unpaired) electrons. The molecule has 38 heavy (non-hydrogen) atoms. The van der Waals surface area contributed by atoms with Gasteiger partial charge in [-0.2, -0.15) is 0 Å². The lowest BCUT2D eigenvalue weighted by atomic mass is 10.0. The maximum atomic E-state index is 12.7. The van der Waals surface area contributed by atoms with Gasteiger partial charge in [0.15, 0.2) is 17.8 Å². The maximum absolute atomic E-state index is 12.7. The SMILES string of the molecule is Nc1ncnc2c1ncn2[C@H]1C[C@H](OP(=O)(O)OC[C@H]2O[C@@H](c3ccc(C=O)c(O)c3)C[C@@H]2O)[C@@H](CO)O1. The van der Waals surface area contributed by atoms with Crippen LogP contribution < -0.4 is 5.73 Å². The van der Waals surface area contributed by atoms with Gasteiger partial charge in [-0.05, 0) is 17.7 Å². The number of nitrogens with zero attached hydrogens (tertiary/aromatic N) is 4. The maximum Gasteiger partial charge on any atom is 0.472 e. The van der Waals surface area contributed by atoms with Gasteiger partial charge in [0, 0.05) is 12.8 Å². The number of carbonyl (C=O) groups is 1. The van der Waals surface area contributed by atoms with Gasteiger partial charge in [0.25, 0.3) is 0 Å².